The summed E-state index contributed by atoms with van der Waals surface area (Å²) in [6.45, 7) is 32.7. The number of hydrogen-bond acceptors (Lipinski definition) is 3. The molecule has 0 saturated heterocycles. The zero-order valence-electron chi connectivity index (χ0n) is 20.9. The highest BCUT2D eigenvalue weighted by atomic mass is 28.4. The molecule has 0 N–H and O–H groups in total. The van der Waals surface area contributed by atoms with Gasteiger partial charge in [0.25, 0.3) is 0 Å². The van der Waals surface area contributed by atoms with E-state index in [2.05, 4.69) is 93.5 Å². The molecular weight excluding hydrogens is 401 g/mol. The van der Waals surface area contributed by atoms with Crippen molar-refractivity contribution in [2.45, 2.75) is 129 Å². The fraction of sp³-hybridized carbons (Fsp3) is 1.00. The molecule has 7 heteroatoms. The van der Waals surface area contributed by atoms with Gasteiger partial charge in [0.15, 0.2) is 16.6 Å². The summed E-state index contributed by atoms with van der Waals surface area (Å²) in [7, 11) is -6.25. The third kappa shape index (κ3) is 8.18. The molecule has 3 nitrogen and oxygen atoms in total. The van der Waals surface area contributed by atoms with Gasteiger partial charge in [0.1, 0.15) is 0 Å². The summed E-state index contributed by atoms with van der Waals surface area (Å²) in [4.78, 5) is 0. The third-order valence-corrected chi connectivity index (χ3v) is 17.2. The summed E-state index contributed by atoms with van der Waals surface area (Å²) in [6.07, 6.45) is 2.41. The van der Waals surface area contributed by atoms with Gasteiger partial charge in [-0.3, -0.25) is 0 Å². The Morgan fingerprint density at radius 3 is 1.70 bits per heavy atom. The predicted octanol–water partition coefficient (Wildman–Crippen LogP) is 6.57. The highest BCUT2D eigenvalue weighted by Crippen LogP contribution is 2.48. The summed E-state index contributed by atoms with van der Waals surface area (Å²) >= 11 is 0. The van der Waals surface area contributed by atoms with E-state index in [4.69, 9.17) is 13.3 Å². The van der Waals surface area contributed by atoms with Crippen molar-refractivity contribution in [1.82, 2.24) is 0 Å². The van der Waals surface area contributed by atoms with Gasteiger partial charge in [-0.1, -0.05) is 40.4 Å². The van der Waals surface area contributed by atoms with E-state index in [1.54, 1.807) is 0 Å². The Morgan fingerprint density at radius 2 is 1.37 bits per heavy atom. The van der Waals surface area contributed by atoms with Gasteiger partial charge in [-0.15, -0.1) is 0 Å². The lowest BCUT2D eigenvalue weighted by Crippen LogP contribution is -2.56. The van der Waals surface area contributed by atoms with Gasteiger partial charge >= 0.3 is 0 Å². The van der Waals surface area contributed by atoms with Crippen molar-refractivity contribution in [3.05, 3.63) is 0 Å². The highest BCUT2D eigenvalue weighted by molar-refractivity contribution is 6.80. The largest absolute Gasteiger partial charge is 0.417 e. The molecule has 0 bridgehead atoms. The van der Waals surface area contributed by atoms with Crippen molar-refractivity contribution in [2.24, 2.45) is 0 Å². The third-order valence-electron chi connectivity index (χ3n) is 6.46. The summed E-state index contributed by atoms with van der Waals surface area (Å²) in [5.74, 6) is 0. The molecule has 0 rings (SSSR count). The van der Waals surface area contributed by atoms with Gasteiger partial charge in [-0.25, -0.2) is 0 Å². The lowest BCUT2D eigenvalue weighted by molar-refractivity contribution is 0.106. The first-order valence-electron chi connectivity index (χ1n) is 10.9. The van der Waals surface area contributed by atoms with Crippen LogP contribution in [0.2, 0.25) is 64.0 Å². The van der Waals surface area contributed by atoms with Gasteiger partial charge in [0.05, 0.1) is 13.8 Å². The molecule has 0 amide bonds. The van der Waals surface area contributed by atoms with E-state index >= 15 is 0 Å². The Kier molecular flexibility index (Phi) is 10.5. The van der Waals surface area contributed by atoms with Crippen LogP contribution in [0.4, 0.5) is 0 Å². The minimum Gasteiger partial charge on any atom is -0.417 e. The van der Waals surface area contributed by atoms with Crippen molar-refractivity contribution in [3.8, 4) is 0 Å². The van der Waals surface area contributed by atoms with Gasteiger partial charge in [-0.2, -0.15) is 0 Å². The summed E-state index contributed by atoms with van der Waals surface area (Å²) < 4.78 is 20.0. The average Bonchev–Trinajstić information content (AvgIpc) is 2.48. The van der Waals surface area contributed by atoms with Gasteiger partial charge in [-0.05, 0) is 66.0 Å². The van der Waals surface area contributed by atoms with Crippen LogP contribution in [0.3, 0.4) is 0 Å². The quantitative estimate of drug-likeness (QED) is 0.314. The molecule has 0 saturated carbocycles. The average molecular weight is 451 g/mol. The maximum Gasteiger partial charge on any atom is 0.201 e. The van der Waals surface area contributed by atoms with Crippen LogP contribution in [0.25, 0.3) is 0 Å². The van der Waals surface area contributed by atoms with Gasteiger partial charge in [0, 0.05) is 16.9 Å². The van der Waals surface area contributed by atoms with E-state index < -0.39 is 33.7 Å². The zero-order chi connectivity index (χ0) is 21.8. The topological polar surface area (TPSA) is 27.7 Å². The van der Waals surface area contributed by atoms with Crippen LogP contribution >= 0.6 is 0 Å². The first kappa shape index (κ1) is 27.7. The van der Waals surface area contributed by atoms with E-state index in [9.17, 15) is 0 Å². The molecule has 27 heavy (non-hydrogen) atoms. The van der Waals surface area contributed by atoms with Crippen LogP contribution in [0.15, 0.2) is 0 Å². The van der Waals surface area contributed by atoms with Crippen molar-refractivity contribution < 1.29 is 13.3 Å². The molecule has 0 radical (unpaired) electrons. The fourth-order valence-electron chi connectivity index (χ4n) is 3.51. The minimum absolute atomic E-state index is 0.107. The monoisotopic (exact) mass is 450 g/mol. The van der Waals surface area contributed by atoms with Gasteiger partial charge < -0.3 is 13.3 Å². The van der Waals surface area contributed by atoms with Crippen LogP contribution < -0.4 is 0 Å². The van der Waals surface area contributed by atoms with Crippen LogP contribution in [0.5, 0.6) is 0 Å². The van der Waals surface area contributed by atoms with Crippen LogP contribution in [0.1, 0.15) is 47.5 Å². The summed E-state index contributed by atoms with van der Waals surface area (Å²) in [5.41, 5.74) is 0.643. The van der Waals surface area contributed by atoms with Crippen molar-refractivity contribution in [2.75, 3.05) is 0 Å². The molecule has 0 fully saturated rings. The lowest BCUT2D eigenvalue weighted by Gasteiger charge is -2.50. The molecule has 164 valence electrons. The molecule has 0 aromatic rings. The SMILES string of the molecule is CCC(O[SiH](C)C(C)O[Si](C)(C)C)C(C)(CC)[Si](C)(C)OC(C)[Si](C)(C)C. The first-order valence-corrected chi connectivity index (χ1v) is 23.1. The highest BCUT2D eigenvalue weighted by Gasteiger charge is 2.51. The molecule has 0 heterocycles. The van der Waals surface area contributed by atoms with Crippen LogP contribution in [0, 0.1) is 0 Å². The number of hydrogen-bond donors (Lipinski definition) is 0. The Bertz CT molecular complexity index is 445. The van der Waals surface area contributed by atoms with E-state index in [0.29, 0.717) is 5.73 Å². The van der Waals surface area contributed by atoms with Crippen molar-refractivity contribution in [3.63, 3.8) is 0 Å². The Morgan fingerprint density at radius 1 is 0.889 bits per heavy atom. The van der Waals surface area contributed by atoms with E-state index in [0.717, 1.165) is 12.8 Å². The minimum atomic E-state index is -1.96. The zero-order valence-corrected chi connectivity index (χ0v) is 25.1. The van der Waals surface area contributed by atoms with E-state index in [-0.39, 0.29) is 16.9 Å². The Labute approximate surface area is 176 Å². The Balaban J connectivity index is 5.46. The second kappa shape index (κ2) is 10.2. The maximum absolute atomic E-state index is 6.88. The predicted molar refractivity (Wildman–Crippen MR) is 132 cm³/mol. The van der Waals surface area contributed by atoms with E-state index in [1.165, 1.54) is 0 Å². The van der Waals surface area contributed by atoms with Crippen LogP contribution in [-0.2, 0) is 13.3 Å². The Hall–Kier alpha value is 0.748. The number of rotatable bonds is 12. The maximum atomic E-state index is 6.88. The summed E-state index contributed by atoms with van der Waals surface area (Å²) in [6, 6.07) is 0. The first-order chi connectivity index (χ1) is 11.9. The van der Waals surface area contributed by atoms with E-state index in [1.807, 2.05) is 0 Å². The second-order valence-corrected chi connectivity index (χ2v) is 28.1. The smallest absolute Gasteiger partial charge is 0.201 e. The second-order valence-electron chi connectivity index (χ2n) is 11.1. The molecule has 0 aliphatic carbocycles. The molecule has 0 aromatic carbocycles. The molecule has 5 atom stereocenters. The lowest BCUT2D eigenvalue weighted by atomic mass is 9.98. The molecular formula is C20H50O3Si4. The molecule has 0 aliphatic heterocycles. The normalized spacial score (nSPS) is 20.7. The van der Waals surface area contributed by atoms with Crippen molar-refractivity contribution >= 4 is 33.7 Å². The summed E-state index contributed by atoms with van der Waals surface area (Å²) in [5, 5.41) is 0.107. The fourth-order valence-corrected chi connectivity index (χ4v) is 13.3. The molecule has 0 aromatic heterocycles. The standard InChI is InChI=1S/C20H50O3Si4/c1-15-19(21-24(6)17(3)22-26(10,11)12)20(5,16-2)27(13,14)23-18(4)25(7,8)9/h17-19,24H,15-16H2,1-14H3. The van der Waals surface area contributed by atoms with Crippen LogP contribution in [-0.4, -0.2) is 51.3 Å². The molecule has 0 aliphatic rings. The molecule has 0 spiro atoms. The van der Waals surface area contributed by atoms with Crippen molar-refractivity contribution in [1.29, 1.82) is 0 Å². The molecule has 5 unspecified atom stereocenters. The van der Waals surface area contributed by atoms with Gasteiger partial charge in [0.2, 0.25) is 9.04 Å².